The van der Waals surface area contributed by atoms with E-state index in [0.717, 1.165) is 16.5 Å². The fourth-order valence-corrected chi connectivity index (χ4v) is 3.41. The molecule has 0 saturated carbocycles. The molecule has 27 heavy (non-hydrogen) atoms. The van der Waals surface area contributed by atoms with Crippen molar-refractivity contribution in [3.05, 3.63) is 59.9 Å². The highest BCUT2D eigenvalue weighted by atomic mass is 19.1. The third kappa shape index (κ3) is 3.53. The molecule has 4 rings (SSSR count). The number of H-pyrrole nitrogens is 1. The summed E-state index contributed by atoms with van der Waals surface area (Å²) >= 11 is 0. The summed E-state index contributed by atoms with van der Waals surface area (Å²) < 4.78 is 13.2. The molecule has 1 fully saturated rings. The zero-order chi connectivity index (χ0) is 18.8. The molecule has 2 N–H and O–H groups in total. The van der Waals surface area contributed by atoms with Crippen LogP contribution >= 0.6 is 0 Å². The summed E-state index contributed by atoms with van der Waals surface area (Å²) in [7, 11) is 0. The molecule has 138 valence electrons. The monoisotopic (exact) mass is 366 g/mol. The topological polar surface area (TPSA) is 78.1 Å². The van der Waals surface area contributed by atoms with E-state index in [9.17, 15) is 14.0 Å². The normalized spacial score (nSPS) is 16.9. The van der Waals surface area contributed by atoms with E-state index in [2.05, 4.69) is 15.5 Å². The van der Waals surface area contributed by atoms with E-state index >= 15 is 0 Å². The average Bonchev–Trinajstić information content (AvgIpc) is 3.25. The molecule has 0 aliphatic carbocycles. The zero-order valence-electron chi connectivity index (χ0n) is 14.6. The molecular formula is C20H19FN4O2. The van der Waals surface area contributed by atoms with E-state index < -0.39 is 5.92 Å². The number of benzene rings is 2. The summed E-state index contributed by atoms with van der Waals surface area (Å²) in [5.74, 6) is -0.423. The summed E-state index contributed by atoms with van der Waals surface area (Å²) in [6.45, 7) is 0.706. The van der Waals surface area contributed by atoms with Crippen molar-refractivity contribution < 1.29 is 14.0 Å². The van der Waals surface area contributed by atoms with Crippen LogP contribution in [-0.4, -0.2) is 35.1 Å². The van der Waals surface area contributed by atoms with Crippen molar-refractivity contribution in [2.24, 2.45) is 5.92 Å². The summed E-state index contributed by atoms with van der Waals surface area (Å²) in [5.41, 5.74) is 1.67. The lowest BCUT2D eigenvalue weighted by Crippen LogP contribution is -2.34. The Morgan fingerprint density at radius 2 is 2.11 bits per heavy atom. The number of para-hydroxylation sites is 1. The second-order valence-electron chi connectivity index (χ2n) is 6.67. The number of hydrogen-bond donors (Lipinski definition) is 2. The number of rotatable bonds is 5. The Labute approximate surface area is 155 Å². The van der Waals surface area contributed by atoms with Gasteiger partial charge in [0.2, 0.25) is 11.8 Å². The van der Waals surface area contributed by atoms with Crippen molar-refractivity contribution in [3.8, 4) is 0 Å². The highest BCUT2D eigenvalue weighted by Crippen LogP contribution is 2.29. The number of nitrogens with one attached hydrogen (secondary N) is 2. The molecule has 1 aliphatic rings. The maximum atomic E-state index is 13.2. The zero-order valence-corrected chi connectivity index (χ0v) is 14.6. The molecule has 1 atom stereocenters. The summed E-state index contributed by atoms with van der Waals surface area (Å²) in [5, 5.41) is 10.9. The van der Waals surface area contributed by atoms with Gasteiger partial charge in [0.05, 0.1) is 11.4 Å². The van der Waals surface area contributed by atoms with Crippen molar-refractivity contribution in [1.82, 2.24) is 15.5 Å². The molecule has 0 bridgehead atoms. The summed E-state index contributed by atoms with van der Waals surface area (Å²) in [6.07, 6.45) is 0.699. The van der Waals surface area contributed by atoms with Crippen LogP contribution in [0.1, 0.15) is 12.0 Å². The molecule has 2 amide bonds. The minimum Gasteiger partial charge on any atom is -0.355 e. The van der Waals surface area contributed by atoms with Crippen LogP contribution in [0.4, 0.5) is 10.2 Å². The predicted molar refractivity (Wildman–Crippen MR) is 99.7 cm³/mol. The number of amides is 2. The van der Waals surface area contributed by atoms with Gasteiger partial charge in [0.1, 0.15) is 5.82 Å². The Kier molecular flexibility index (Phi) is 4.58. The van der Waals surface area contributed by atoms with Crippen molar-refractivity contribution in [2.45, 2.75) is 12.8 Å². The van der Waals surface area contributed by atoms with Crippen molar-refractivity contribution in [1.29, 1.82) is 0 Å². The van der Waals surface area contributed by atoms with Gasteiger partial charge in [-0.2, -0.15) is 5.10 Å². The molecule has 0 spiro atoms. The van der Waals surface area contributed by atoms with Crippen LogP contribution in [0.25, 0.3) is 10.9 Å². The number of nitrogens with zero attached hydrogens (tertiary/aromatic N) is 2. The molecule has 0 radical (unpaired) electrons. The van der Waals surface area contributed by atoms with Gasteiger partial charge in [0.25, 0.3) is 0 Å². The van der Waals surface area contributed by atoms with Crippen LogP contribution < -0.4 is 10.2 Å². The number of hydrogen-bond acceptors (Lipinski definition) is 3. The number of halogens is 1. The fourth-order valence-electron chi connectivity index (χ4n) is 3.41. The Balaban J connectivity index is 1.38. The number of aromatic nitrogens is 2. The van der Waals surface area contributed by atoms with Crippen LogP contribution in [0.2, 0.25) is 0 Å². The van der Waals surface area contributed by atoms with E-state index in [-0.39, 0.29) is 24.1 Å². The van der Waals surface area contributed by atoms with E-state index in [1.807, 2.05) is 30.3 Å². The van der Waals surface area contributed by atoms with Crippen LogP contribution in [0, 0.1) is 11.7 Å². The molecule has 7 heteroatoms. The predicted octanol–water partition coefficient (Wildman–Crippen LogP) is 2.41. The Bertz CT molecular complexity index is 1000. The Hall–Kier alpha value is -3.22. The first-order valence-corrected chi connectivity index (χ1v) is 8.87. The van der Waals surface area contributed by atoms with Gasteiger partial charge in [-0.25, -0.2) is 4.39 Å². The number of aromatic amines is 1. The molecule has 3 aromatic rings. The van der Waals surface area contributed by atoms with Gasteiger partial charge in [0, 0.05) is 24.9 Å². The van der Waals surface area contributed by atoms with Gasteiger partial charge in [-0.05, 0) is 36.2 Å². The lowest BCUT2D eigenvalue weighted by molar-refractivity contribution is -0.126. The van der Waals surface area contributed by atoms with Gasteiger partial charge < -0.3 is 5.32 Å². The minimum absolute atomic E-state index is 0.113. The SMILES string of the molecule is O=C(NCCc1cccc(F)c1)[C@@H]1CC(=O)N(c2n[nH]c3ccccc23)C1. The second-order valence-corrected chi connectivity index (χ2v) is 6.67. The van der Waals surface area contributed by atoms with Crippen LogP contribution in [0.3, 0.4) is 0 Å². The second kappa shape index (κ2) is 7.19. The van der Waals surface area contributed by atoms with Crippen LogP contribution in [-0.2, 0) is 16.0 Å². The Morgan fingerprint density at radius 3 is 2.96 bits per heavy atom. The molecular weight excluding hydrogens is 347 g/mol. The molecule has 1 saturated heterocycles. The van der Waals surface area contributed by atoms with Gasteiger partial charge >= 0.3 is 0 Å². The van der Waals surface area contributed by atoms with Gasteiger partial charge in [-0.1, -0.05) is 24.3 Å². The molecule has 0 unspecified atom stereocenters. The summed E-state index contributed by atoms with van der Waals surface area (Å²) in [6, 6.07) is 13.9. The minimum atomic E-state index is -0.416. The quantitative estimate of drug-likeness (QED) is 0.728. The standard InChI is InChI=1S/C20H19FN4O2/c21-15-5-3-4-13(10-15)8-9-22-20(27)14-11-18(26)25(12-14)19-16-6-1-2-7-17(16)23-24-19/h1-7,10,14H,8-9,11-12H2,(H,22,27)(H,23,24)/t14-/m1/s1. The third-order valence-corrected chi connectivity index (χ3v) is 4.80. The number of fused-ring (bicyclic) bond motifs is 1. The smallest absolute Gasteiger partial charge is 0.229 e. The molecule has 1 aliphatic heterocycles. The van der Waals surface area contributed by atoms with E-state index in [4.69, 9.17) is 0 Å². The van der Waals surface area contributed by atoms with Crippen LogP contribution in [0.5, 0.6) is 0 Å². The molecule has 6 nitrogen and oxygen atoms in total. The highest BCUT2D eigenvalue weighted by molar-refractivity contribution is 6.05. The molecule has 1 aromatic heterocycles. The van der Waals surface area contributed by atoms with Crippen molar-refractivity contribution in [2.75, 3.05) is 18.0 Å². The fraction of sp³-hybridized carbons (Fsp3) is 0.250. The van der Waals surface area contributed by atoms with E-state index in [0.29, 0.717) is 25.3 Å². The maximum absolute atomic E-state index is 13.2. The number of carbonyl (C=O) groups excluding carboxylic acids is 2. The largest absolute Gasteiger partial charge is 0.355 e. The lowest BCUT2D eigenvalue weighted by atomic mass is 10.1. The van der Waals surface area contributed by atoms with Gasteiger partial charge in [-0.3, -0.25) is 19.6 Å². The van der Waals surface area contributed by atoms with Gasteiger partial charge in [0.15, 0.2) is 5.82 Å². The van der Waals surface area contributed by atoms with Crippen LogP contribution in [0.15, 0.2) is 48.5 Å². The Morgan fingerprint density at radius 1 is 1.26 bits per heavy atom. The first kappa shape index (κ1) is 17.2. The first-order chi connectivity index (χ1) is 13.1. The highest BCUT2D eigenvalue weighted by Gasteiger charge is 2.36. The average molecular weight is 366 g/mol. The number of carbonyl (C=O) groups is 2. The summed E-state index contributed by atoms with van der Waals surface area (Å²) in [4.78, 5) is 26.4. The van der Waals surface area contributed by atoms with Crippen molar-refractivity contribution in [3.63, 3.8) is 0 Å². The first-order valence-electron chi connectivity index (χ1n) is 8.87. The van der Waals surface area contributed by atoms with Gasteiger partial charge in [-0.15, -0.1) is 0 Å². The molecule has 2 heterocycles. The maximum Gasteiger partial charge on any atom is 0.229 e. The molecule has 2 aromatic carbocycles. The lowest BCUT2D eigenvalue weighted by Gasteiger charge is -2.14. The van der Waals surface area contributed by atoms with Crippen molar-refractivity contribution >= 4 is 28.5 Å². The number of anilines is 1. The third-order valence-electron chi connectivity index (χ3n) is 4.80. The van der Waals surface area contributed by atoms with E-state index in [1.54, 1.807) is 11.0 Å². The van der Waals surface area contributed by atoms with E-state index in [1.165, 1.54) is 12.1 Å².